The standard InChI is InChI=1S/C27H28BrClN6O2/c1-15-25(24-16(2)34-37-17(24)3)32-26(21-11-20(6-7-22(21)29)36-9-5-8-30-4)33-27(15)35-13-18-10-19(28)12-31-23(18)14-35/h6-7,10-12,30H,5,8-9,13-14H2,1-4H3. The Balaban J connectivity index is 1.61. The van der Waals surface area contributed by atoms with Crippen LogP contribution >= 0.6 is 27.5 Å². The Morgan fingerprint density at radius 2 is 2.00 bits per heavy atom. The van der Waals surface area contributed by atoms with Gasteiger partial charge in [-0.3, -0.25) is 4.98 Å². The monoisotopic (exact) mass is 582 g/mol. The van der Waals surface area contributed by atoms with Gasteiger partial charge in [0.2, 0.25) is 0 Å². The Hall–Kier alpha value is -3.01. The molecule has 1 aliphatic heterocycles. The van der Waals surface area contributed by atoms with Crippen molar-refractivity contribution < 1.29 is 9.26 Å². The lowest BCUT2D eigenvalue weighted by atomic mass is 10.0. The van der Waals surface area contributed by atoms with Crippen LogP contribution in [0.25, 0.3) is 22.6 Å². The highest BCUT2D eigenvalue weighted by Gasteiger charge is 2.27. The third kappa shape index (κ3) is 5.21. The lowest BCUT2D eigenvalue weighted by molar-refractivity contribution is 0.310. The highest BCUT2D eigenvalue weighted by molar-refractivity contribution is 9.10. The van der Waals surface area contributed by atoms with Crippen LogP contribution in [0.5, 0.6) is 5.75 Å². The molecule has 1 aromatic carbocycles. The molecular formula is C27H28BrClN6O2. The molecule has 4 aromatic rings. The van der Waals surface area contributed by atoms with E-state index in [2.05, 4.69) is 42.4 Å². The number of aromatic nitrogens is 4. The molecule has 0 fully saturated rings. The zero-order valence-electron chi connectivity index (χ0n) is 21.2. The van der Waals surface area contributed by atoms with Crippen LogP contribution in [-0.2, 0) is 13.1 Å². The molecule has 0 amide bonds. The molecule has 1 aliphatic rings. The zero-order chi connectivity index (χ0) is 26.1. The number of nitrogens with zero attached hydrogens (tertiary/aromatic N) is 5. The number of hydrogen-bond acceptors (Lipinski definition) is 8. The summed E-state index contributed by atoms with van der Waals surface area (Å²) in [7, 11) is 1.93. The Labute approximate surface area is 229 Å². The van der Waals surface area contributed by atoms with E-state index in [0.717, 1.165) is 57.2 Å². The van der Waals surface area contributed by atoms with Gasteiger partial charge in [-0.25, -0.2) is 9.97 Å². The second-order valence-corrected chi connectivity index (χ2v) is 10.4. The van der Waals surface area contributed by atoms with Crippen LogP contribution in [0.15, 0.2) is 39.5 Å². The molecule has 5 rings (SSSR count). The number of halogens is 2. The number of hydrogen-bond donors (Lipinski definition) is 1. The van der Waals surface area contributed by atoms with E-state index >= 15 is 0 Å². The van der Waals surface area contributed by atoms with E-state index < -0.39 is 0 Å². The van der Waals surface area contributed by atoms with Gasteiger partial charge in [-0.2, -0.15) is 0 Å². The Kier molecular flexibility index (Phi) is 7.46. The van der Waals surface area contributed by atoms with Crippen molar-refractivity contribution in [2.75, 3.05) is 25.1 Å². The minimum absolute atomic E-state index is 0.520. The lowest BCUT2D eigenvalue weighted by Gasteiger charge is -2.22. The van der Waals surface area contributed by atoms with Crippen molar-refractivity contribution in [1.29, 1.82) is 0 Å². The summed E-state index contributed by atoms with van der Waals surface area (Å²) in [6.07, 6.45) is 2.73. The third-order valence-corrected chi connectivity index (χ3v) is 7.20. The Bertz CT molecular complexity index is 1440. The minimum Gasteiger partial charge on any atom is -0.494 e. The molecule has 0 bridgehead atoms. The first kappa shape index (κ1) is 25.6. The van der Waals surface area contributed by atoms with Crippen LogP contribution in [-0.4, -0.2) is 40.3 Å². The largest absolute Gasteiger partial charge is 0.494 e. The van der Waals surface area contributed by atoms with Crippen molar-refractivity contribution in [2.24, 2.45) is 0 Å². The molecule has 0 saturated heterocycles. The molecule has 192 valence electrons. The number of fused-ring (bicyclic) bond motifs is 1. The van der Waals surface area contributed by atoms with Crippen LogP contribution in [0.3, 0.4) is 0 Å². The maximum Gasteiger partial charge on any atom is 0.163 e. The first-order valence-corrected chi connectivity index (χ1v) is 13.3. The van der Waals surface area contributed by atoms with Crippen LogP contribution in [0.1, 0.15) is 34.7 Å². The molecule has 3 aromatic heterocycles. The topological polar surface area (TPSA) is 89.2 Å². The molecular weight excluding hydrogens is 556 g/mol. The molecule has 0 aliphatic carbocycles. The number of benzene rings is 1. The Morgan fingerprint density at radius 1 is 1.16 bits per heavy atom. The molecule has 8 nitrogen and oxygen atoms in total. The Morgan fingerprint density at radius 3 is 2.76 bits per heavy atom. The summed E-state index contributed by atoms with van der Waals surface area (Å²) >= 11 is 10.2. The van der Waals surface area contributed by atoms with E-state index in [0.29, 0.717) is 41.9 Å². The molecule has 0 atom stereocenters. The first-order chi connectivity index (χ1) is 17.9. The number of nitrogens with one attached hydrogen (secondary N) is 1. The van der Waals surface area contributed by atoms with Crippen molar-refractivity contribution >= 4 is 33.3 Å². The summed E-state index contributed by atoms with van der Waals surface area (Å²) in [4.78, 5) is 16.9. The van der Waals surface area contributed by atoms with E-state index in [-0.39, 0.29) is 0 Å². The summed E-state index contributed by atoms with van der Waals surface area (Å²) < 4.78 is 12.4. The van der Waals surface area contributed by atoms with Gasteiger partial charge in [0.05, 0.1) is 40.8 Å². The molecule has 0 radical (unpaired) electrons. The lowest BCUT2D eigenvalue weighted by Crippen LogP contribution is -2.19. The molecule has 37 heavy (non-hydrogen) atoms. The predicted molar refractivity (Wildman–Crippen MR) is 148 cm³/mol. The van der Waals surface area contributed by atoms with Gasteiger partial charge >= 0.3 is 0 Å². The average molecular weight is 584 g/mol. The van der Waals surface area contributed by atoms with E-state index in [9.17, 15) is 0 Å². The number of rotatable bonds is 8. The third-order valence-electron chi connectivity index (χ3n) is 6.44. The summed E-state index contributed by atoms with van der Waals surface area (Å²) in [6, 6.07) is 7.72. The molecule has 10 heteroatoms. The molecule has 1 N–H and O–H groups in total. The van der Waals surface area contributed by atoms with Gasteiger partial charge in [0.25, 0.3) is 0 Å². The van der Waals surface area contributed by atoms with E-state index in [1.165, 1.54) is 5.56 Å². The maximum atomic E-state index is 6.69. The van der Waals surface area contributed by atoms with E-state index in [1.54, 1.807) is 0 Å². The fourth-order valence-corrected chi connectivity index (χ4v) is 5.16. The van der Waals surface area contributed by atoms with Crippen LogP contribution in [0, 0.1) is 20.8 Å². The first-order valence-electron chi connectivity index (χ1n) is 12.1. The smallest absolute Gasteiger partial charge is 0.163 e. The number of aryl methyl sites for hydroxylation is 2. The van der Waals surface area contributed by atoms with Gasteiger partial charge in [0, 0.05) is 28.3 Å². The maximum absolute atomic E-state index is 6.69. The molecule has 0 unspecified atom stereocenters. The predicted octanol–water partition coefficient (Wildman–Crippen LogP) is 6.04. The van der Waals surface area contributed by atoms with Gasteiger partial charge in [-0.1, -0.05) is 16.8 Å². The average Bonchev–Trinajstić information content (AvgIpc) is 3.45. The number of ether oxygens (including phenoxy) is 1. The van der Waals surface area contributed by atoms with Crippen molar-refractivity contribution in [3.63, 3.8) is 0 Å². The number of anilines is 1. The quantitative estimate of drug-likeness (QED) is 0.251. The SMILES string of the molecule is CNCCCOc1ccc(Cl)c(-c2nc(-c3c(C)noc3C)c(C)c(N3Cc4cc(Br)cnc4C3)n2)c1. The fourth-order valence-electron chi connectivity index (χ4n) is 4.58. The van der Waals surface area contributed by atoms with Gasteiger partial charge in [0.15, 0.2) is 5.82 Å². The van der Waals surface area contributed by atoms with Crippen molar-refractivity contribution in [2.45, 2.75) is 40.3 Å². The molecule has 0 saturated carbocycles. The van der Waals surface area contributed by atoms with Gasteiger partial charge in [0.1, 0.15) is 17.3 Å². The minimum atomic E-state index is 0.520. The van der Waals surface area contributed by atoms with Crippen LogP contribution < -0.4 is 15.0 Å². The second-order valence-electron chi connectivity index (χ2n) is 9.11. The second kappa shape index (κ2) is 10.8. The summed E-state index contributed by atoms with van der Waals surface area (Å²) in [6.45, 7) is 8.69. The van der Waals surface area contributed by atoms with Crippen LogP contribution in [0.2, 0.25) is 5.02 Å². The van der Waals surface area contributed by atoms with Gasteiger partial charge in [-0.05, 0) is 86.5 Å². The van der Waals surface area contributed by atoms with Crippen molar-refractivity contribution in [3.8, 4) is 28.4 Å². The summed E-state index contributed by atoms with van der Waals surface area (Å²) in [5, 5.41) is 7.85. The van der Waals surface area contributed by atoms with Crippen molar-refractivity contribution in [3.05, 3.63) is 68.2 Å². The summed E-state index contributed by atoms with van der Waals surface area (Å²) in [5.74, 6) is 2.78. The highest BCUT2D eigenvalue weighted by Crippen LogP contribution is 2.39. The van der Waals surface area contributed by atoms with E-state index in [4.69, 9.17) is 30.8 Å². The highest BCUT2D eigenvalue weighted by atomic mass is 79.9. The summed E-state index contributed by atoms with van der Waals surface area (Å²) in [5.41, 5.74) is 6.28. The zero-order valence-corrected chi connectivity index (χ0v) is 23.6. The van der Waals surface area contributed by atoms with E-state index in [1.807, 2.05) is 52.2 Å². The number of pyridine rings is 1. The van der Waals surface area contributed by atoms with Crippen molar-refractivity contribution in [1.82, 2.24) is 25.4 Å². The molecule has 4 heterocycles. The molecule has 0 spiro atoms. The van der Waals surface area contributed by atoms with Gasteiger partial charge < -0.3 is 19.5 Å². The van der Waals surface area contributed by atoms with Gasteiger partial charge in [-0.15, -0.1) is 0 Å². The normalized spacial score (nSPS) is 12.8. The van der Waals surface area contributed by atoms with Crippen LogP contribution in [0.4, 0.5) is 5.82 Å². The fraction of sp³-hybridized carbons (Fsp3) is 0.333.